The van der Waals surface area contributed by atoms with E-state index in [-0.39, 0.29) is 17.9 Å². The van der Waals surface area contributed by atoms with Crippen molar-refractivity contribution in [3.63, 3.8) is 0 Å². The van der Waals surface area contributed by atoms with Crippen LogP contribution in [-0.2, 0) is 4.79 Å². The molecule has 0 aliphatic carbocycles. The number of carbonyl (C=O) groups excluding carboxylic acids is 1. The molecule has 0 spiro atoms. The summed E-state index contributed by atoms with van der Waals surface area (Å²) in [6, 6.07) is 8.37. The number of amides is 1. The summed E-state index contributed by atoms with van der Waals surface area (Å²) in [6.07, 6.45) is -1.03. The molecule has 1 saturated heterocycles. The van der Waals surface area contributed by atoms with Gasteiger partial charge in [-0.05, 0) is 58.1 Å². The Morgan fingerprint density at radius 3 is 2.71 bits per heavy atom. The Bertz CT molecular complexity index is 915. The Balaban J connectivity index is 1.42. The van der Waals surface area contributed by atoms with Gasteiger partial charge >= 0.3 is 0 Å². The minimum absolute atomic E-state index is 0.0626. The highest BCUT2D eigenvalue weighted by Gasteiger charge is 2.39. The van der Waals surface area contributed by atoms with E-state index in [1.54, 1.807) is 13.8 Å². The summed E-state index contributed by atoms with van der Waals surface area (Å²) < 4.78 is 34.7. The quantitative estimate of drug-likeness (QED) is 0.770. The fourth-order valence-electron chi connectivity index (χ4n) is 4.67. The fourth-order valence-corrected chi connectivity index (χ4v) is 4.67. The van der Waals surface area contributed by atoms with E-state index < -0.39 is 18.6 Å². The summed E-state index contributed by atoms with van der Waals surface area (Å²) in [5, 5.41) is 7.64. The average molecular weight is 433 g/mol. The van der Waals surface area contributed by atoms with E-state index in [4.69, 9.17) is 4.74 Å². The van der Waals surface area contributed by atoms with Crippen LogP contribution in [0.3, 0.4) is 0 Å². The van der Waals surface area contributed by atoms with Crippen LogP contribution >= 0.6 is 0 Å². The summed E-state index contributed by atoms with van der Waals surface area (Å²) in [4.78, 5) is 14.8. The number of alkyl halides is 2. The van der Waals surface area contributed by atoms with E-state index in [0.717, 1.165) is 24.1 Å². The van der Waals surface area contributed by atoms with Crippen molar-refractivity contribution < 1.29 is 18.3 Å². The van der Waals surface area contributed by atoms with Gasteiger partial charge in [0, 0.05) is 25.2 Å². The molecule has 4 atom stereocenters. The number of hydrogen-bond acceptors (Lipinski definition) is 4. The number of nitrogens with one attached hydrogen (secondary N) is 1. The first-order valence-electron chi connectivity index (χ1n) is 10.9. The van der Waals surface area contributed by atoms with Crippen LogP contribution in [0.5, 0.6) is 5.75 Å². The van der Waals surface area contributed by atoms with Crippen molar-refractivity contribution in [2.24, 2.45) is 5.92 Å². The fraction of sp³-hybridized carbons (Fsp3) is 0.565. The summed E-state index contributed by atoms with van der Waals surface area (Å²) in [5.74, 6) is 1.35. The van der Waals surface area contributed by atoms with Crippen molar-refractivity contribution in [2.45, 2.75) is 64.6 Å². The topological polar surface area (TPSA) is 59.4 Å². The Labute approximate surface area is 181 Å². The lowest BCUT2D eigenvalue weighted by Crippen LogP contribution is -2.50. The molecular formula is C23H30F2N4O2. The van der Waals surface area contributed by atoms with Gasteiger partial charge in [-0.25, -0.2) is 13.5 Å². The second-order valence-corrected chi connectivity index (χ2v) is 8.76. The number of benzene rings is 1. The van der Waals surface area contributed by atoms with E-state index in [2.05, 4.69) is 10.4 Å². The molecule has 2 aromatic rings. The van der Waals surface area contributed by atoms with Crippen molar-refractivity contribution in [3.05, 3.63) is 41.6 Å². The molecule has 0 bridgehead atoms. The first-order chi connectivity index (χ1) is 14.8. The lowest BCUT2D eigenvalue weighted by Gasteiger charge is -2.41. The Morgan fingerprint density at radius 2 is 2.00 bits per heavy atom. The summed E-state index contributed by atoms with van der Waals surface area (Å²) >= 11 is 0. The van der Waals surface area contributed by atoms with Crippen molar-refractivity contribution in [1.82, 2.24) is 14.7 Å². The summed E-state index contributed by atoms with van der Waals surface area (Å²) in [7, 11) is 0. The number of anilines is 1. The zero-order chi connectivity index (χ0) is 22.1. The molecule has 31 heavy (non-hydrogen) atoms. The molecule has 2 aliphatic rings. The monoisotopic (exact) mass is 432 g/mol. The number of ether oxygens (including phenoxy) is 1. The van der Waals surface area contributed by atoms with Crippen molar-refractivity contribution in [3.8, 4) is 5.75 Å². The molecule has 1 amide bonds. The molecule has 2 aliphatic heterocycles. The van der Waals surface area contributed by atoms with E-state index >= 15 is 0 Å². The third-order valence-electron chi connectivity index (χ3n) is 6.31. The molecule has 0 radical (unpaired) electrons. The minimum atomic E-state index is -2.48. The largest absolute Gasteiger partial charge is 0.481 e. The predicted molar refractivity (Wildman–Crippen MR) is 115 cm³/mol. The second kappa shape index (κ2) is 8.85. The van der Waals surface area contributed by atoms with Crippen LogP contribution in [0.4, 0.5) is 14.6 Å². The van der Waals surface area contributed by atoms with Gasteiger partial charge in [-0.3, -0.25) is 4.79 Å². The highest BCUT2D eigenvalue weighted by atomic mass is 19.3. The maximum absolute atomic E-state index is 13.7. The van der Waals surface area contributed by atoms with Crippen LogP contribution < -0.4 is 10.1 Å². The zero-order valence-corrected chi connectivity index (χ0v) is 18.2. The molecule has 6 nitrogen and oxygen atoms in total. The number of rotatable bonds is 5. The van der Waals surface area contributed by atoms with Gasteiger partial charge in [0.1, 0.15) is 17.6 Å². The SMILES string of the molecule is Cc1ccc(O[C@H](C)C(=O)N2CCC[C@H]([C@@H]3C[C@H](C(F)F)n4nc(C)cc4N3)C2)cc1. The molecule has 8 heteroatoms. The molecule has 4 rings (SSSR count). The smallest absolute Gasteiger partial charge is 0.263 e. The number of piperidine rings is 1. The number of likely N-dealkylation sites (tertiary alicyclic amines) is 1. The normalized spacial score (nSPS) is 24.5. The van der Waals surface area contributed by atoms with Crippen molar-refractivity contribution >= 4 is 11.7 Å². The molecule has 1 N–H and O–H groups in total. The van der Waals surface area contributed by atoms with Crippen LogP contribution in [0, 0.1) is 19.8 Å². The van der Waals surface area contributed by atoms with E-state index in [0.29, 0.717) is 31.1 Å². The molecule has 0 saturated carbocycles. The van der Waals surface area contributed by atoms with Gasteiger partial charge in [0.2, 0.25) is 0 Å². The standard InChI is InChI=1S/C23H30F2N4O2/c1-14-6-8-18(9-7-14)31-16(3)23(30)28-10-4-5-17(13-28)19-12-20(22(24)25)29-21(26-19)11-15(2)27-29/h6-9,11,16-17,19-20,22,26H,4-5,10,12-13H2,1-3H3/t16-,17+,19+,20-/m1/s1. The third kappa shape index (κ3) is 4.67. The van der Waals surface area contributed by atoms with E-state index in [1.165, 1.54) is 4.68 Å². The molecule has 1 fully saturated rings. The zero-order valence-electron chi connectivity index (χ0n) is 18.2. The highest BCUT2D eigenvalue weighted by molar-refractivity contribution is 5.81. The van der Waals surface area contributed by atoms with Crippen LogP contribution in [-0.4, -0.2) is 52.2 Å². The summed E-state index contributed by atoms with van der Waals surface area (Å²) in [5.41, 5.74) is 1.85. The number of halogens is 2. The van der Waals surface area contributed by atoms with Crippen molar-refractivity contribution in [2.75, 3.05) is 18.4 Å². The van der Waals surface area contributed by atoms with Crippen LogP contribution in [0.15, 0.2) is 30.3 Å². The molecule has 1 aromatic heterocycles. The first-order valence-corrected chi connectivity index (χ1v) is 10.9. The number of aryl methyl sites for hydroxylation is 2. The van der Waals surface area contributed by atoms with E-state index in [1.807, 2.05) is 42.2 Å². The lowest BCUT2D eigenvalue weighted by molar-refractivity contribution is -0.140. The molecule has 168 valence electrons. The minimum Gasteiger partial charge on any atom is -0.481 e. The molecule has 1 aromatic carbocycles. The second-order valence-electron chi connectivity index (χ2n) is 8.76. The van der Waals surface area contributed by atoms with Gasteiger partial charge in [0.15, 0.2) is 6.10 Å². The number of hydrogen-bond donors (Lipinski definition) is 1. The van der Waals surface area contributed by atoms with Gasteiger partial charge in [-0.1, -0.05) is 17.7 Å². The third-order valence-corrected chi connectivity index (χ3v) is 6.31. The molecule has 3 heterocycles. The number of nitrogens with zero attached hydrogens (tertiary/aromatic N) is 3. The highest BCUT2D eigenvalue weighted by Crippen LogP contribution is 2.36. The van der Waals surface area contributed by atoms with Gasteiger partial charge in [-0.2, -0.15) is 5.10 Å². The van der Waals surface area contributed by atoms with Crippen molar-refractivity contribution in [1.29, 1.82) is 0 Å². The summed E-state index contributed by atoms with van der Waals surface area (Å²) in [6.45, 7) is 6.78. The van der Waals surface area contributed by atoms with Crippen LogP contribution in [0.2, 0.25) is 0 Å². The van der Waals surface area contributed by atoms with Gasteiger partial charge in [0.25, 0.3) is 12.3 Å². The first kappa shape index (κ1) is 21.6. The molecule has 0 unspecified atom stereocenters. The number of fused-ring (bicyclic) bond motifs is 1. The van der Waals surface area contributed by atoms with Crippen LogP contribution in [0.1, 0.15) is 43.5 Å². The Hall–Kier alpha value is -2.64. The molecular weight excluding hydrogens is 402 g/mol. The van der Waals surface area contributed by atoms with Gasteiger partial charge < -0.3 is 15.0 Å². The van der Waals surface area contributed by atoms with Gasteiger partial charge in [-0.15, -0.1) is 0 Å². The van der Waals surface area contributed by atoms with Gasteiger partial charge in [0.05, 0.1) is 5.69 Å². The Morgan fingerprint density at radius 1 is 1.26 bits per heavy atom. The predicted octanol–water partition coefficient (Wildman–Crippen LogP) is 4.20. The Kier molecular flexibility index (Phi) is 6.16. The average Bonchev–Trinajstić information content (AvgIpc) is 3.14. The lowest BCUT2D eigenvalue weighted by atomic mass is 9.86. The van der Waals surface area contributed by atoms with Crippen LogP contribution in [0.25, 0.3) is 0 Å². The maximum atomic E-state index is 13.7. The number of carbonyl (C=O) groups is 1. The van der Waals surface area contributed by atoms with E-state index in [9.17, 15) is 13.6 Å². The number of aromatic nitrogens is 2. The maximum Gasteiger partial charge on any atom is 0.263 e.